The first-order chi connectivity index (χ1) is 17.5. The van der Waals surface area contributed by atoms with Crippen LogP contribution in [0.3, 0.4) is 0 Å². The number of hydrogen-bond donors (Lipinski definition) is 2. The molecule has 2 heterocycles. The van der Waals surface area contributed by atoms with Gasteiger partial charge in [0.1, 0.15) is 12.4 Å². The molecule has 0 saturated carbocycles. The first-order valence-corrected chi connectivity index (χ1v) is 12.2. The summed E-state index contributed by atoms with van der Waals surface area (Å²) in [6, 6.07) is 15.0. The van der Waals surface area contributed by atoms with Gasteiger partial charge in [-0.15, -0.1) is 0 Å². The Balaban J connectivity index is 1.45. The number of piperidine rings is 1. The minimum Gasteiger partial charge on any atom is -0.347 e. The van der Waals surface area contributed by atoms with Gasteiger partial charge in [-0.1, -0.05) is 42.8 Å². The summed E-state index contributed by atoms with van der Waals surface area (Å²) < 4.78 is 0. The predicted molar refractivity (Wildman–Crippen MR) is 141 cm³/mol. The highest BCUT2D eigenvalue weighted by atomic mass is 16.2. The van der Waals surface area contributed by atoms with Crippen molar-refractivity contribution in [2.24, 2.45) is 0 Å². The topological polar surface area (TPSA) is 90.6 Å². The Morgan fingerprint density at radius 3 is 2.53 bits per heavy atom. The molecule has 1 saturated heterocycles. The van der Waals surface area contributed by atoms with Crippen LogP contribution in [-0.2, 0) is 17.8 Å². The lowest BCUT2D eigenvalue weighted by molar-refractivity contribution is -0.129. The maximum atomic E-state index is 12.9. The monoisotopic (exact) mass is 484 g/mol. The van der Waals surface area contributed by atoms with E-state index in [-0.39, 0.29) is 5.91 Å². The van der Waals surface area contributed by atoms with Gasteiger partial charge < -0.3 is 15.5 Å². The Hall–Kier alpha value is -4.03. The molecule has 186 valence electrons. The maximum absolute atomic E-state index is 12.9. The van der Waals surface area contributed by atoms with Crippen molar-refractivity contribution in [2.75, 3.05) is 37.8 Å². The average Bonchev–Trinajstić information content (AvgIpc) is 2.89. The minimum absolute atomic E-state index is 0.0930. The molecule has 1 atom stereocenters. The Bertz CT molecular complexity index is 1200. The molecule has 0 aliphatic carbocycles. The molecule has 2 N–H and O–H groups in total. The van der Waals surface area contributed by atoms with Gasteiger partial charge in [0.05, 0.1) is 6.57 Å². The molecular weight excluding hydrogens is 452 g/mol. The molecule has 0 unspecified atom stereocenters. The first kappa shape index (κ1) is 25.1. The second kappa shape index (κ2) is 12.1. The number of nitrogens with one attached hydrogen (secondary N) is 2. The Morgan fingerprint density at radius 1 is 1.06 bits per heavy atom. The van der Waals surface area contributed by atoms with E-state index in [4.69, 9.17) is 6.57 Å². The number of carbonyl (C=O) groups excluding carboxylic acids is 1. The largest absolute Gasteiger partial charge is 0.347 e. The highest BCUT2D eigenvalue weighted by molar-refractivity contribution is 5.84. The number of rotatable bonds is 9. The van der Waals surface area contributed by atoms with Gasteiger partial charge >= 0.3 is 0 Å². The molecule has 2 aromatic carbocycles. The van der Waals surface area contributed by atoms with Crippen LogP contribution < -0.4 is 10.6 Å². The van der Waals surface area contributed by atoms with Gasteiger partial charge in [0, 0.05) is 32.7 Å². The third-order valence-corrected chi connectivity index (χ3v) is 6.16. The van der Waals surface area contributed by atoms with Crippen molar-refractivity contribution in [1.82, 2.24) is 24.8 Å². The molecule has 1 fully saturated rings. The van der Waals surface area contributed by atoms with E-state index in [2.05, 4.69) is 47.5 Å². The number of amides is 1. The fourth-order valence-electron chi connectivity index (χ4n) is 4.29. The first-order valence-electron chi connectivity index (χ1n) is 12.2. The average molecular weight is 485 g/mol. The van der Waals surface area contributed by atoms with Crippen molar-refractivity contribution in [3.8, 4) is 0 Å². The molecule has 1 aliphatic rings. The molecule has 1 aromatic heterocycles. The molecule has 3 aromatic rings. The molecule has 4 rings (SSSR count). The number of likely N-dealkylation sites (tertiary alicyclic amines) is 1. The molecular formula is C27H32N8O. The van der Waals surface area contributed by atoms with E-state index in [1.54, 1.807) is 31.1 Å². The number of hydrogen-bond acceptors (Lipinski definition) is 7. The number of likely N-dealkylation sites (N-methyl/N-ethyl adjacent to an activating group) is 1. The standard InChI is InChI=1S/C27H32N8O/c1-28-22-12-10-20(11-13-22)17-24(25(36)34(2)3)32-27-30-19-29-26(33-27)31-23-9-7-8-21(16-23)18-35-14-5-4-6-15-35/h7-13,16,19,24H,4-6,14-15,17-18H2,2-3H3,(H2,29,30,31,32,33)/t24-/m0/s1. The minimum atomic E-state index is -0.568. The van der Waals surface area contributed by atoms with Gasteiger partial charge in [0.2, 0.25) is 17.8 Å². The normalized spacial score (nSPS) is 14.5. The molecule has 36 heavy (non-hydrogen) atoms. The number of nitrogens with zero attached hydrogens (tertiary/aromatic N) is 6. The van der Waals surface area contributed by atoms with Crippen LogP contribution in [0.1, 0.15) is 30.4 Å². The summed E-state index contributed by atoms with van der Waals surface area (Å²) in [7, 11) is 3.44. The molecule has 9 heteroatoms. The van der Waals surface area contributed by atoms with Crippen molar-refractivity contribution in [3.05, 3.63) is 77.4 Å². The van der Waals surface area contributed by atoms with Crippen molar-refractivity contribution in [2.45, 2.75) is 38.3 Å². The number of aromatic nitrogens is 3. The van der Waals surface area contributed by atoms with Crippen LogP contribution in [-0.4, -0.2) is 63.9 Å². The summed E-state index contributed by atoms with van der Waals surface area (Å²) in [6.45, 7) is 10.4. The van der Waals surface area contributed by atoms with Crippen LogP contribution in [0.25, 0.3) is 4.85 Å². The molecule has 0 radical (unpaired) electrons. The molecule has 0 bridgehead atoms. The van der Waals surface area contributed by atoms with Gasteiger partial charge in [0.15, 0.2) is 5.69 Å². The third kappa shape index (κ3) is 6.99. The van der Waals surface area contributed by atoms with E-state index in [9.17, 15) is 4.79 Å². The summed E-state index contributed by atoms with van der Waals surface area (Å²) in [5.74, 6) is 0.625. The lowest BCUT2D eigenvalue weighted by atomic mass is 10.0. The second-order valence-corrected chi connectivity index (χ2v) is 9.21. The lowest BCUT2D eigenvalue weighted by Crippen LogP contribution is -2.40. The zero-order valence-corrected chi connectivity index (χ0v) is 20.8. The van der Waals surface area contributed by atoms with Crippen molar-refractivity contribution in [1.29, 1.82) is 0 Å². The summed E-state index contributed by atoms with van der Waals surface area (Å²) in [4.78, 5) is 33.3. The van der Waals surface area contributed by atoms with Gasteiger partial charge in [-0.25, -0.2) is 14.8 Å². The molecule has 9 nitrogen and oxygen atoms in total. The van der Waals surface area contributed by atoms with E-state index in [1.165, 1.54) is 31.2 Å². The van der Waals surface area contributed by atoms with Crippen molar-refractivity contribution < 1.29 is 4.79 Å². The zero-order chi connectivity index (χ0) is 25.3. The summed E-state index contributed by atoms with van der Waals surface area (Å²) in [5, 5.41) is 6.43. The van der Waals surface area contributed by atoms with E-state index in [0.29, 0.717) is 24.0 Å². The smallest absolute Gasteiger partial charge is 0.244 e. The van der Waals surface area contributed by atoms with Crippen molar-refractivity contribution in [3.63, 3.8) is 0 Å². The predicted octanol–water partition coefficient (Wildman–Crippen LogP) is 4.26. The third-order valence-electron chi connectivity index (χ3n) is 6.16. The van der Waals surface area contributed by atoms with Crippen LogP contribution in [0, 0.1) is 6.57 Å². The van der Waals surface area contributed by atoms with E-state index in [0.717, 1.165) is 30.9 Å². The van der Waals surface area contributed by atoms with Gasteiger partial charge in [0.25, 0.3) is 0 Å². The summed E-state index contributed by atoms with van der Waals surface area (Å²) >= 11 is 0. The van der Waals surface area contributed by atoms with Gasteiger partial charge in [-0.2, -0.15) is 4.98 Å². The summed E-state index contributed by atoms with van der Waals surface area (Å²) in [6.07, 6.45) is 5.72. The Labute approximate surface area is 212 Å². The fourth-order valence-corrected chi connectivity index (χ4v) is 4.29. The number of benzene rings is 2. The van der Waals surface area contributed by atoms with Gasteiger partial charge in [-0.3, -0.25) is 9.69 Å². The van der Waals surface area contributed by atoms with Gasteiger partial charge in [-0.05, 0) is 49.2 Å². The quantitative estimate of drug-likeness (QED) is 0.439. The van der Waals surface area contributed by atoms with Crippen LogP contribution in [0.15, 0.2) is 54.9 Å². The van der Waals surface area contributed by atoms with Crippen LogP contribution in [0.4, 0.5) is 23.3 Å². The van der Waals surface area contributed by atoms with E-state index < -0.39 is 6.04 Å². The molecule has 1 aliphatic heterocycles. The molecule has 0 spiro atoms. The lowest BCUT2D eigenvalue weighted by Gasteiger charge is -2.26. The van der Waals surface area contributed by atoms with Crippen molar-refractivity contribution >= 4 is 29.2 Å². The SMILES string of the molecule is [C-]#[N+]c1ccc(C[C@H](Nc2ncnc(Nc3cccc(CN4CCCCC4)c3)n2)C(=O)N(C)C)cc1. The highest BCUT2D eigenvalue weighted by Gasteiger charge is 2.22. The maximum Gasteiger partial charge on any atom is 0.244 e. The molecule has 1 amide bonds. The Kier molecular flexibility index (Phi) is 8.42. The van der Waals surface area contributed by atoms with E-state index >= 15 is 0 Å². The second-order valence-electron chi connectivity index (χ2n) is 9.21. The number of anilines is 3. The van der Waals surface area contributed by atoms with Crippen LogP contribution in [0.5, 0.6) is 0 Å². The van der Waals surface area contributed by atoms with E-state index in [1.807, 2.05) is 24.3 Å². The fraction of sp³-hybridized carbons (Fsp3) is 0.370. The zero-order valence-electron chi connectivity index (χ0n) is 20.8. The van der Waals surface area contributed by atoms with Crippen LogP contribution in [0.2, 0.25) is 0 Å². The number of carbonyl (C=O) groups is 1. The van der Waals surface area contributed by atoms with Crippen LogP contribution >= 0.6 is 0 Å². The Morgan fingerprint density at radius 2 is 1.81 bits per heavy atom. The summed E-state index contributed by atoms with van der Waals surface area (Å²) in [5.41, 5.74) is 3.65. The highest BCUT2D eigenvalue weighted by Crippen LogP contribution is 2.19.